The summed E-state index contributed by atoms with van der Waals surface area (Å²) in [6.45, 7) is 2.81. The van der Waals surface area contributed by atoms with Crippen LogP contribution in [0.25, 0.3) is 16.6 Å². The summed E-state index contributed by atoms with van der Waals surface area (Å²) < 4.78 is 5.09. The van der Waals surface area contributed by atoms with Gasteiger partial charge in [0.25, 0.3) is 0 Å². The summed E-state index contributed by atoms with van der Waals surface area (Å²) in [5, 5.41) is 3.35. The summed E-state index contributed by atoms with van der Waals surface area (Å²) in [6, 6.07) is 6.04. The van der Waals surface area contributed by atoms with Gasteiger partial charge in [-0.25, -0.2) is 4.98 Å². The van der Waals surface area contributed by atoms with Gasteiger partial charge in [-0.05, 0) is 37.2 Å². The molecule has 0 fully saturated rings. The van der Waals surface area contributed by atoms with E-state index in [0.717, 1.165) is 41.9 Å². The SMILES string of the molecule is CN1CC=C(c2c[nH]c3ccc(NCc4ccoc4)nc23)CC1. The van der Waals surface area contributed by atoms with E-state index in [1.54, 1.807) is 12.5 Å². The van der Waals surface area contributed by atoms with Crippen molar-refractivity contribution in [2.75, 3.05) is 25.5 Å². The van der Waals surface area contributed by atoms with Gasteiger partial charge >= 0.3 is 0 Å². The highest BCUT2D eigenvalue weighted by atomic mass is 16.3. The van der Waals surface area contributed by atoms with E-state index in [-0.39, 0.29) is 0 Å². The molecule has 0 bridgehead atoms. The number of aromatic amines is 1. The van der Waals surface area contributed by atoms with Gasteiger partial charge in [-0.15, -0.1) is 0 Å². The molecule has 0 aliphatic carbocycles. The van der Waals surface area contributed by atoms with E-state index in [1.807, 2.05) is 12.1 Å². The number of likely N-dealkylation sites (N-methyl/N-ethyl adjacent to an activating group) is 1. The zero-order chi connectivity index (χ0) is 15.6. The van der Waals surface area contributed by atoms with Crippen LogP contribution in [-0.2, 0) is 6.54 Å². The molecule has 0 unspecified atom stereocenters. The fourth-order valence-electron chi connectivity index (χ4n) is 2.94. The number of rotatable bonds is 4. The molecule has 1 aliphatic rings. The van der Waals surface area contributed by atoms with Gasteiger partial charge in [0, 0.05) is 37.0 Å². The third-order valence-corrected chi connectivity index (χ3v) is 4.33. The van der Waals surface area contributed by atoms with Crippen molar-refractivity contribution in [1.82, 2.24) is 14.9 Å². The smallest absolute Gasteiger partial charge is 0.127 e. The van der Waals surface area contributed by atoms with Crippen molar-refractivity contribution in [3.63, 3.8) is 0 Å². The first kappa shape index (κ1) is 14.1. The van der Waals surface area contributed by atoms with E-state index in [2.05, 4.69) is 40.6 Å². The molecule has 0 amide bonds. The van der Waals surface area contributed by atoms with E-state index < -0.39 is 0 Å². The lowest BCUT2D eigenvalue weighted by atomic mass is 10.0. The highest BCUT2D eigenvalue weighted by Gasteiger charge is 2.14. The summed E-state index contributed by atoms with van der Waals surface area (Å²) in [7, 11) is 2.15. The zero-order valence-electron chi connectivity index (χ0n) is 13.2. The molecule has 3 aromatic heterocycles. The lowest BCUT2D eigenvalue weighted by Crippen LogP contribution is -2.23. The van der Waals surface area contributed by atoms with Gasteiger partial charge in [-0.1, -0.05) is 6.08 Å². The Morgan fingerprint density at radius 3 is 3.09 bits per heavy atom. The number of nitrogens with one attached hydrogen (secondary N) is 2. The number of hydrogen-bond donors (Lipinski definition) is 2. The topological polar surface area (TPSA) is 57.1 Å². The van der Waals surface area contributed by atoms with Crippen LogP contribution in [0.4, 0.5) is 5.82 Å². The molecule has 4 heterocycles. The van der Waals surface area contributed by atoms with Gasteiger partial charge < -0.3 is 19.6 Å². The van der Waals surface area contributed by atoms with Crippen LogP contribution in [-0.4, -0.2) is 35.0 Å². The lowest BCUT2D eigenvalue weighted by molar-refractivity contribution is 0.370. The predicted molar refractivity (Wildman–Crippen MR) is 92.2 cm³/mol. The number of hydrogen-bond acceptors (Lipinski definition) is 4. The van der Waals surface area contributed by atoms with Crippen LogP contribution in [0, 0.1) is 0 Å². The van der Waals surface area contributed by atoms with Crippen LogP contribution in [0.5, 0.6) is 0 Å². The van der Waals surface area contributed by atoms with Gasteiger partial charge in [-0.3, -0.25) is 0 Å². The molecule has 118 valence electrons. The Morgan fingerprint density at radius 1 is 1.35 bits per heavy atom. The molecule has 5 nitrogen and oxygen atoms in total. The summed E-state index contributed by atoms with van der Waals surface area (Å²) in [5.41, 5.74) is 5.83. The minimum Gasteiger partial charge on any atom is -0.472 e. The molecule has 0 atom stereocenters. The Labute approximate surface area is 135 Å². The van der Waals surface area contributed by atoms with Crippen molar-refractivity contribution in [2.24, 2.45) is 0 Å². The van der Waals surface area contributed by atoms with Crippen molar-refractivity contribution in [3.05, 3.63) is 54.1 Å². The minimum absolute atomic E-state index is 0.711. The van der Waals surface area contributed by atoms with Gasteiger partial charge in [-0.2, -0.15) is 0 Å². The van der Waals surface area contributed by atoms with Gasteiger partial charge in [0.05, 0.1) is 23.6 Å². The Hall–Kier alpha value is -2.53. The van der Waals surface area contributed by atoms with Crippen LogP contribution < -0.4 is 5.32 Å². The molecule has 0 radical (unpaired) electrons. The van der Waals surface area contributed by atoms with Crippen LogP contribution in [0.2, 0.25) is 0 Å². The largest absolute Gasteiger partial charge is 0.472 e. The zero-order valence-corrected chi connectivity index (χ0v) is 13.2. The average molecular weight is 308 g/mol. The molecule has 4 rings (SSSR count). The Morgan fingerprint density at radius 2 is 2.30 bits per heavy atom. The van der Waals surface area contributed by atoms with Crippen molar-refractivity contribution >= 4 is 22.4 Å². The molecule has 0 spiro atoms. The molecular formula is C18H20N4O. The Kier molecular flexibility index (Phi) is 3.63. The third kappa shape index (κ3) is 2.87. The van der Waals surface area contributed by atoms with Gasteiger partial charge in [0.2, 0.25) is 0 Å². The normalized spacial score (nSPS) is 15.8. The lowest BCUT2D eigenvalue weighted by Gasteiger charge is -2.21. The molecule has 0 saturated carbocycles. The average Bonchev–Trinajstić information content (AvgIpc) is 3.23. The maximum Gasteiger partial charge on any atom is 0.127 e. The van der Waals surface area contributed by atoms with Crippen molar-refractivity contribution < 1.29 is 4.42 Å². The molecule has 2 N–H and O–H groups in total. The second kappa shape index (κ2) is 5.93. The predicted octanol–water partition coefficient (Wildman–Crippen LogP) is 3.49. The van der Waals surface area contributed by atoms with E-state index in [9.17, 15) is 0 Å². The molecule has 3 aromatic rings. The summed E-state index contributed by atoms with van der Waals surface area (Å²) in [4.78, 5) is 10.5. The summed E-state index contributed by atoms with van der Waals surface area (Å²) >= 11 is 0. The molecule has 23 heavy (non-hydrogen) atoms. The molecule has 0 aromatic carbocycles. The Bertz CT molecular complexity index is 832. The highest BCUT2D eigenvalue weighted by molar-refractivity contribution is 5.90. The summed E-state index contributed by atoms with van der Waals surface area (Å²) in [5.74, 6) is 0.882. The summed E-state index contributed by atoms with van der Waals surface area (Å²) in [6.07, 6.45) is 8.88. The number of furan rings is 1. The first-order valence-electron chi connectivity index (χ1n) is 7.90. The van der Waals surface area contributed by atoms with E-state index >= 15 is 0 Å². The number of anilines is 1. The maximum atomic E-state index is 5.09. The van der Waals surface area contributed by atoms with Crippen LogP contribution in [0.1, 0.15) is 17.5 Å². The molecule has 0 saturated heterocycles. The van der Waals surface area contributed by atoms with Gasteiger partial charge in [0.1, 0.15) is 5.82 Å². The van der Waals surface area contributed by atoms with E-state index in [0.29, 0.717) is 6.54 Å². The number of nitrogens with zero attached hydrogens (tertiary/aromatic N) is 2. The fraction of sp³-hybridized carbons (Fsp3) is 0.278. The Balaban J connectivity index is 1.61. The number of H-pyrrole nitrogens is 1. The number of aromatic nitrogens is 2. The first-order chi connectivity index (χ1) is 11.3. The van der Waals surface area contributed by atoms with Crippen molar-refractivity contribution in [1.29, 1.82) is 0 Å². The second-order valence-electron chi connectivity index (χ2n) is 6.02. The first-order valence-corrected chi connectivity index (χ1v) is 7.90. The molecule has 1 aliphatic heterocycles. The maximum absolute atomic E-state index is 5.09. The van der Waals surface area contributed by atoms with E-state index in [4.69, 9.17) is 9.40 Å². The minimum atomic E-state index is 0.711. The van der Waals surface area contributed by atoms with E-state index in [1.165, 1.54) is 11.1 Å². The molecular weight excluding hydrogens is 288 g/mol. The number of pyridine rings is 1. The van der Waals surface area contributed by atoms with Crippen LogP contribution in [0.15, 0.2) is 47.4 Å². The van der Waals surface area contributed by atoms with Crippen molar-refractivity contribution in [3.8, 4) is 0 Å². The van der Waals surface area contributed by atoms with Crippen LogP contribution in [0.3, 0.4) is 0 Å². The van der Waals surface area contributed by atoms with Gasteiger partial charge in [0.15, 0.2) is 0 Å². The monoisotopic (exact) mass is 308 g/mol. The third-order valence-electron chi connectivity index (χ3n) is 4.33. The number of fused-ring (bicyclic) bond motifs is 1. The van der Waals surface area contributed by atoms with Crippen molar-refractivity contribution in [2.45, 2.75) is 13.0 Å². The second-order valence-corrected chi connectivity index (χ2v) is 6.02. The van der Waals surface area contributed by atoms with Crippen LogP contribution >= 0.6 is 0 Å². The highest BCUT2D eigenvalue weighted by Crippen LogP contribution is 2.28. The fourth-order valence-corrected chi connectivity index (χ4v) is 2.94. The quantitative estimate of drug-likeness (QED) is 0.774. The molecule has 5 heteroatoms. The standard InChI is InChI=1S/C18H20N4O/c1-22-7-4-14(5-8-22)15-11-19-16-2-3-17(21-18(15)16)20-10-13-6-9-23-12-13/h2-4,6,9,11-12,19H,5,7-8,10H2,1H3,(H,20,21).